The molecule has 1 atom stereocenters. The van der Waals surface area contributed by atoms with Crippen LogP contribution in [0.3, 0.4) is 0 Å². The first kappa shape index (κ1) is 27.9. The number of carbonyl (C=O) groups is 1. The second kappa shape index (κ2) is 10.7. The fourth-order valence-electron chi connectivity index (χ4n) is 4.90. The minimum atomic E-state index is -4.85. The molecular formula is C30H27F3N2O6. The maximum atomic E-state index is 13.1. The molecule has 2 heterocycles. The van der Waals surface area contributed by atoms with Crippen LogP contribution >= 0.6 is 0 Å². The molecule has 41 heavy (non-hydrogen) atoms. The van der Waals surface area contributed by atoms with Crippen molar-refractivity contribution in [3.63, 3.8) is 0 Å². The summed E-state index contributed by atoms with van der Waals surface area (Å²) in [5.74, 6) is -0.729. The Balaban J connectivity index is 1.63. The van der Waals surface area contributed by atoms with Crippen LogP contribution in [0.25, 0.3) is 33.1 Å². The lowest BCUT2D eigenvalue weighted by Gasteiger charge is -2.19. The molecule has 8 nitrogen and oxygen atoms in total. The number of aromatic nitrogens is 2. The number of aliphatic carboxylic acids is 1. The van der Waals surface area contributed by atoms with Crippen molar-refractivity contribution in [2.45, 2.75) is 39.8 Å². The molecule has 0 radical (unpaired) electrons. The van der Waals surface area contributed by atoms with Crippen molar-refractivity contribution in [1.29, 1.82) is 0 Å². The molecule has 0 bridgehead atoms. The van der Waals surface area contributed by atoms with Gasteiger partial charge in [0.2, 0.25) is 0 Å². The summed E-state index contributed by atoms with van der Waals surface area (Å²) < 4.78 is 61.9. The minimum Gasteiger partial charge on any atom is -0.497 e. The number of alkyl halides is 3. The number of nitrogens with zero attached hydrogens (tertiary/aromatic N) is 2. The Morgan fingerprint density at radius 2 is 1.76 bits per heavy atom. The highest BCUT2D eigenvalue weighted by Crippen LogP contribution is 2.40. The van der Waals surface area contributed by atoms with Crippen LogP contribution in [0.15, 0.2) is 65.2 Å². The molecule has 11 heteroatoms. The molecule has 0 saturated heterocycles. The van der Waals surface area contributed by atoms with Gasteiger partial charge in [-0.1, -0.05) is 31.1 Å². The number of carboxylic acid groups (broad SMARTS) is 1. The number of halogens is 3. The van der Waals surface area contributed by atoms with Crippen LogP contribution in [0.1, 0.15) is 25.1 Å². The molecule has 0 spiro atoms. The van der Waals surface area contributed by atoms with Crippen molar-refractivity contribution in [2.24, 2.45) is 5.92 Å². The van der Waals surface area contributed by atoms with E-state index in [2.05, 4.69) is 9.89 Å². The monoisotopic (exact) mass is 568 g/mol. The number of ether oxygens (including phenoxy) is 3. The van der Waals surface area contributed by atoms with Crippen LogP contribution in [-0.4, -0.2) is 40.4 Å². The van der Waals surface area contributed by atoms with Crippen molar-refractivity contribution >= 4 is 27.8 Å². The highest BCUT2D eigenvalue weighted by Gasteiger charge is 2.32. The molecule has 5 aromatic rings. The summed E-state index contributed by atoms with van der Waals surface area (Å²) in [6.45, 7) is 5.61. The summed E-state index contributed by atoms with van der Waals surface area (Å²) in [7, 11) is 1.54. The van der Waals surface area contributed by atoms with E-state index >= 15 is 0 Å². The van der Waals surface area contributed by atoms with Gasteiger partial charge in [0, 0.05) is 41.2 Å². The third kappa shape index (κ3) is 5.65. The van der Waals surface area contributed by atoms with E-state index in [-0.39, 0.29) is 18.2 Å². The Bertz CT molecular complexity index is 1740. The number of fused-ring (bicyclic) bond motifs is 2. The molecular weight excluding hydrogens is 541 g/mol. The average molecular weight is 569 g/mol. The van der Waals surface area contributed by atoms with Crippen LogP contribution in [0.5, 0.6) is 17.2 Å². The molecule has 5 rings (SSSR count). The Labute approximate surface area is 232 Å². The molecule has 0 unspecified atom stereocenters. The van der Waals surface area contributed by atoms with E-state index in [9.17, 15) is 23.1 Å². The number of rotatable bonds is 9. The summed E-state index contributed by atoms with van der Waals surface area (Å²) in [5.41, 5.74) is 3.69. The SMILES string of the molecule is COc1ccc2c(-c3c(C)n(Cc4cccc(O[C@H](C(=O)O)C(C)C)c4)c4cc(OC(F)(F)F)ccc34)noc2c1. The van der Waals surface area contributed by atoms with Crippen LogP contribution in [0.2, 0.25) is 0 Å². The van der Waals surface area contributed by atoms with Crippen molar-refractivity contribution < 1.29 is 41.8 Å². The zero-order valence-electron chi connectivity index (χ0n) is 22.7. The van der Waals surface area contributed by atoms with Gasteiger partial charge in [0.15, 0.2) is 11.7 Å². The van der Waals surface area contributed by atoms with Crippen LogP contribution in [0, 0.1) is 12.8 Å². The molecule has 2 aromatic heterocycles. The maximum absolute atomic E-state index is 13.1. The lowest BCUT2D eigenvalue weighted by molar-refractivity contribution is -0.274. The molecule has 0 saturated carbocycles. The number of hydrogen-bond donors (Lipinski definition) is 1. The van der Waals surface area contributed by atoms with Gasteiger partial charge < -0.3 is 28.4 Å². The Hall–Kier alpha value is -4.67. The van der Waals surface area contributed by atoms with E-state index in [1.165, 1.54) is 12.1 Å². The molecule has 0 fully saturated rings. The standard InChI is InChI=1S/C30H27F3N2O6/c1-16(2)28(29(36)37)39-20-7-5-6-18(12-20)15-35-17(3)26(22-10-9-21(13-24(22)35)40-30(31,32)33)27-23-11-8-19(38-4)14-25(23)41-34-27/h5-14,16,28H,15H2,1-4H3,(H,36,37)/t28-/m0/s1. The van der Waals surface area contributed by atoms with E-state index in [1.807, 2.05) is 23.6 Å². The summed E-state index contributed by atoms with van der Waals surface area (Å²) >= 11 is 0. The first-order chi connectivity index (χ1) is 19.4. The Morgan fingerprint density at radius 3 is 2.44 bits per heavy atom. The fraction of sp³-hybridized carbons (Fsp3) is 0.267. The van der Waals surface area contributed by atoms with Crippen molar-refractivity contribution in [1.82, 2.24) is 9.72 Å². The van der Waals surface area contributed by atoms with Crippen LogP contribution in [0.4, 0.5) is 13.2 Å². The topological polar surface area (TPSA) is 96.0 Å². The van der Waals surface area contributed by atoms with Gasteiger partial charge >= 0.3 is 12.3 Å². The number of hydrogen-bond acceptors (Lipinski definition) is 6. The van der Waals surface area contributed by atoms with Gasteiger partial charge in [-0.05, 0) is 48.9 Å². The largest absolute Gasteiger partial charge is 0.573 e. The quantitative estimate of drug-likeness (QED) is 0.201. The van der Waals surface area contributed by atoms with E-state index in [0.29, 0.717) is 44.6 Å². The molecule has 0 amide bonds. The van der Waals surface area contributed by atoms with Gasteiger partial charge in [-0.2, -0.15) is 0 Å². The minimum absolute atomic E-state index is 0.248. The van der Waals surface area contributed by atoms with E-state index in [4.69, 9.17) is 14.0 Å². The second-order valence-electron chi connectivity index (χ2n) is 9.93. The zero-order valence-corrected chi connectivity index (χ0v) is 22.7. The lowest BCUT2D eigenvalue weighted by Crippen LogP contribution is -2.32. The molecule has 0 aliphatic heterocycles. The average Bonchev–Trinajstić information content (AvgIpc) is 3.43. The van der Waals surface area contributed by atoms with E-state index in [1.54, 1.807) is 57.4 Å². The molecule has 0 aliphatic carbocycles. The highest BCUT2D eigenvalue weighted by atomic mass is 19.4. The van der Waals surface area contributed by atoms with E-state index in [0.717, 1.165) is 11.3 Å². The third-order valence-corrected chi connectivity index (χ3v) is 6.80. The Morgan fingerprint density at radius 1 is 1.02 bits per heavy atom. The third-order valence-electron chi connectivity index (χ3n) is 6.80. The fourth-order valence-corrected chi connectivity index (χ4v) is 4.90. The summed E-state index contributed by atoms with van der Waals surface area (Å²) in [4.78, 5) is 11.6. The number of carboxylic acids is 1. The van der Waals surface area contributed by atoms with Crippen LogP contribution in [-0.2, 0) is 11.3 Å². The number of benzene rings is 3. The van der Waals surface area contributed by atoms with Crippen molar-refractivity contribution in [3.05, 3.63) is 71.9 Å². The highest BCUT2D eigenvalue weighted by molar-refractivity contribution is 6.04. The van der Waals surface area contributed by atoms with Crippen LogP contribution < -0.4 is 14.2 Å². The normalized spacial score (nSPS) is 12.7. The summed E-state index contributed by atoms with van der Waals surface area (Å²) in [6.07, 6.45) is -5.89. The smallest absolute Gasteiger partial charge is 0.497 e. The predicted molar refractivity (Wildman–Crippen MR) is 145 cm³/mol. The molecule has 214 valence electrons. The summed E-state index contributed by atoms with van der Waals surface area (Å²) in [5, 5.41) is 15.2. The molecule has 3 aromatic carbocycles. The van der Waals surface area contributed by atoms with Gasteiger partial charge in [-0.25, -0.2) is 4.79 Å². The van der Waals surface area contributed by atoms with Crippen molar-refractivity contribution in [3.8, 4) is 28.5 Å². The van der Waals surface area contributed by atoms with Gasteiger partial charge in [0.05, 0.1) is 18.0 Å². The van der Waals surface area contributed by atoms with Gasteiger partial charge in [0.1, 0.15) is 22.9 Å². The first-order valence-corrected chi connectivity index (χ1v) is 12.8. The van der Waals surface area contributed by atoms with Crippen molar-refractivity contribution in [2.75, 3.05) is 7.11 Å². The predicted octanol–water partition coefficient (Wildman–Crippen LogP) is 7.20. The van der Waals surface area contributed by atoms with E-state index < -0.39 is 18.4 Å². The number of methoxy groups -OCH3 is 1. The second-order valence-corrected chi connectivity index (χ2v) is 9.93. The molecule has 1 N–H and O–H groups in total. The van der Waals surface area contributed by atoms with Gasteiger partial charge in [-0.15, -0.1) is 13.2 Å². The summed E-state index contributed by atoms with van der Waals surface area (Å²) in [6, 6.07) is 16.4. The Kier molecular flexibility index (Phi) is 7.29. The first-order valence-electron chi connectivity index (χ1n) is 12.8. The maximum Gasteiger partial charge on any atom is 0.573 e. The molecule has 0 aliphatic rings. The zero-order chi connectivity index (χ0) is 29.5. The lowest BCUT2D eigenvalue weighted by atomic mass is 10.0. The van der Waals surface area contributed by atoms with Gasteiger partial charge in [0.25, 0.3) is 0 Å². The van der Waals surface area contributed by atoms with Gasteiger partial charge in [-0.3, -0.25) is 0 Å².